The van der Waals surface area contributed by atoms with E-state index in [-0.39, 0.29) is 6.61 Å². The number of hydrogen-bond donors (Lipinski definition) is 2. The van der Waals surface area contributed by atoms with Crippen molar-refractivity contribution in [3.8, 4) is 0 Å². The van der Waals surface area contributed by atoms with E-state index in [0.29, 0.717) is 11.5 Å². The van der Waals surface area contributed by atoms with Crippen LogP contribution in [0, 0.1) is 0 Å². The summed E-state index contributed by atoms with van der Waals surface area (Å²) in [5.74, 6) is 0.780. The number of thioether (sulfide) groups is 1. The SMILES string of the molecule is OCCCS/C(Cc1ccccc1)=N\O. The number of aliphatic hydroxyl groups is 1. The molecule has 0 aliphatic carbocycles. The van der Waals surface area contributed by atoms with Crippen LogP contribution in [0.5, 0.6) is 0 Å². The molecule has 4 heteroatoms. The molecule has 0 atom stereocenters. The first-order valence-corrected chi connectivity index (χ1v) is 5.84. The van der Waals surface area contributed by atoms with E-state index in [1.165, 1.54) is 11.8 Å². The average Bonchev–Trinajstić information content (AvgIpc) is 2.29. The molecule has 1 rings (SSSR count). The van der Waals surface area contributed by atoms with Crippen molar-refractivity contribution >= 4 is 16.8 Å². The molecule has 0 saturated carbocycles. The third-order valence-corrected chi connectivity index (χ3v) is 2.93. The van der Waals surface area contributed by atoms with Crippen molar-refractivity contribution < 1.29 is 10.3 Å². The van der Waals surface area contributed by atoms with Gasteiger partial charge in [0.2, 0.25) is 0 Å². The van der Waals surface area contributed by atoms with Crippen molar-refractivity contribution in [3.05, 3.63) is 35.9 Å². The number of nitrogens with zero attached hydrogens (tertiary/aromatic N) is 1. The zero-order valence-electron chi connectivity index (χ0n) is 8.47. The summed E-state index contributed by atoms with van der Waals surface area (Å²) in [5, 5.41) is 21.4. The normalized spacial score (nSPS) is 11.7. The van der Waals surface area contributed by atoms with Gasteiger partial charge in [-0.2, -0.15) is 0 Å². The van der Waals surface area contributed by atoms with Crippen LogP contribution in [0.3, 0.4) is 0 Å². The topological polar surface area (TPSA) is 52.8 Å². The molecule has 0 spiro atoms. The maximum Gasteiger partial charge on any atom is 0.117 e. The quantitative estimate of drug-likeness (QED) is 0.265. The number of hydrogen-bond acceptors (Lipinski definition) is 4. The highest BCUT2D eigenvalue weighted by Gasteiger charge is 2.02. The molecule has 0 amide bonds. The summed E-state index contributed by atoms with van der Waals surface area (Å²) in [6.45, 7) is 0.178. The Balaban J connectivity index is 2.41. The van der Waals surface area contributed by atoms with Gasteiger partial charge < -0.3 is 10.3 Å². The molecule has 0 fully saturated rings. The zero-order chi connectivity index (χ0) is 10.9. The predicted molar refractivity (Wildman–Crippen MR) is 63.5 cm³/mol. The van der Waals surface area contributed by atoms with Crippen molar-refractivity contribution in [3.63, 3.8) is 0 Å². The standard InChI is InChI=1S/C11H15NO2S/c13-7-4-8-15-11(12-14)9-10-5-2-1-3-6-10/h1-3,5-6,13-14H,4,7-9H2/b12-11-. The van der Waals surface area contributed by atoms with Gasteiger partial charge in [0, 0.05) is 18.8 Å². The first-order valence-electron chi connectivity index (χ1n) is 4.85. The Labute approximate surface area is 93.8 Å². The molecule has 0 radical (unpaired) electrons. The Hall–Kier alpha value is -1.00. The average molecular weight is 225 g/mol. The summed E-state index contributed by atoms with van der Waals surface area (Å²) in [4.78, 5) is 0. The van der Waals surface area contributed by atoms with Crippen molar-refractivity contribution in [2.75, 3.05) is 12.4 Å². The minimum absolute atomic E-state index is 0.178. The first kappa shape index (κ1) is 12.1. The van der Waals surface area contributed by atoms with E-state index >= 15 is 0 Å². The van der Waals surface area contributed by atoms with Crippen LogP contribution in [0.1, 0.15) is 12.0 Å². The molecule has 2 N–H and O–H groups in total. The number of oxime groups is 1. The van der Waals surface area contributed by atoms with Gasteiger partial charge >= 0.3 is 0 Å². The minimum Gasteiger partial charge on any atom is -0.410 e. The van der Waals surface area contributed by atoms with Gasteiger partial charge in [-0.05, 0) is 12.0 Å². The van der Waals surface area contributed by atoms with Crippen LogP contribution in [-0.4, -0.2) is 27.7 Å². The highest BCUT2D eigenvalue weighted by molar-refractivity contribution is 8.13. The fourth-order valence-electron chi connectivity index (χ4n) is 1.14. The van der Waals surface area contributed by atoms with E-state index in [1.807, 2.05) is 30.3 Å². The Kier molecular flexibility index (Phi) is 5.88. The molecular formula is C11H15NO2S. The summed E-state index contributed by atoms with van der Waals surface area (Å²) in [6.07, 6.45) is 1.37. The van der Waals surface area contributed by atoms with Crippen molar-refractivity contribution in [1.82, 2.24) is 0 Å². The second kappa shape index (κ2) is 7.31. The van der Waals surface area contributed by atoms with E-state index in [9.17, 15) is 0 Å². The van der Waals surface area contributed by atoms with Gasteiger partial charge in [-0.1, -0.05) is 35.5 Å². The zero-order valence-corrected chi connectivity index (χ0v) is 9.28. The Morgan fingerprint density at radius 2 is 2.00 bits per heavy atom. The maximum absolute atomic E-state index is 8.79. The van der Waals surface area contributed by atoms with Gasteiger partial charge in [0.25, 0.3) is 0 Å². The van der Waals surface area contributed by atoms with Gasteiger partial charge in [0.05, 0.1) is 0 Å². The van der Waals surface area contributed by atoms with Crippen LogP contribution in [0.4, 0.5) is 0 Å². The third-order valence-electron chi connectivity index (χ3n) is 1.88. The molecule has 0 saturated heterocycles. The lowest BCUT2D eigenvalue weighted by atomic mass is 10.2. The fraction of sp³-hybridized carbons (Fsp3) is 0.364. The molecule has 1 aromatic carbocycles. The number of rotatable bonds is 5. The molecular weight excluding hydrogens is 210 g/mol. The van der Waals surface area contributed by atoms with Crippen molar-refractivity contribution in [2.45, 2.75) is 12.8 Å². The van der Waals surface area contributed by atoms with Gasteiger partial charge in [0.1, 0.15) is 5.04 Å². The lowest BCUT2D eigenvalue weighted by Crippen LogP contribution is -2.00. The summed E-state index contributed by atoms with van der Waals surface area (Å²) in [5.41, 5.74) is 1.13. The van der Waals surface area contributed by atoms with E-state index in [1.54, 1.807) is 0 Å². The lowest BCUT2D eigenvalue weighted by molar-refractivity contribution is 0.296. The highest BCUT2D eigenvalue weighted by Crippen LogP contribution is 2.11. The summed E-state index contributed by atoms with van der Waals surface area (Å²) < 4.78 is 0. The first-order chi connectivity index (χ1) is 7.36. The second-order valence-electron chi connectivity index (χ2n) is 3.08. The van der Waals surface area contributed by atoms with Crippen LogP contribution < -0.4 is 0 Å². The molecule has 1 aromatic rings. The van der Waals surface area contributed by atoms with E-state index < -0.39 is 0 Å². The Bertz CT molecular complexity index is 301. The van der Waals surface area contributed by atoms with Gasteiger partial charge in [-0.15, -0.1) is 11.8 Å². The largest absolute Gasteiger partial charge is 0.410 e. The van der Waals surface area contributed by atoms with Gasteiger partial charge in [-0.3, -0.25) is 0 Å². The van der Waals surface area contributed by atoms with Crippen LogP contribution in [0.2, 0.25) is 0 Å². The molecule has 0 aliphatic heterocycles. The van der Waals surface area contributed by atoms with Crippen LogP contribution in [0.25, 0.3) is 0 Å². The van der Waals surface area contributed by atoms with E-state index in [2.05, 4.69) is 5.16 Å². The smallest absolute Gasteiger partial charge is 0.117 e. The van der Waals surface area contributed by atoms with Crippen molar-refractivity contribution in [1.29, 1.82) is 0 Å². The molecule has 3 nitrogen and oxygen atoms in total. The Morgan fingerprint density at radius 3 is 2.60 bits per heavy atom. The summed E-state index contributed by atoms with van der Waals surface area (Å²) in [6, 6.07) is 9.87. The molecule has 0 unspecified atom stereocenters. The molecule has 0 bridgehead atoms. The van der Waals surface area contributed by atoms with Gasteiger partial charge in [-0.25, -0.2) is 0 Å². The minimum atomic E-state index is 0.178. The van der Waals surface area contributed by atoms with E-state index in [0.717, 1.165) is 17.7 Å². The highest BCUT2D eigenvalue weighted by atomic mass is 32.2. The molecule has 0 aliphatic rings. The fourth-order valence-corrected chi connectivity index (χ4v) is 1.98. The van der Waals surface area contributed by atoms with Crippen LogP contribution in [-0.2, 0) is 6.42 Å². The molecule has 0 aromatic heterocycles. The van der Waals surface area contributed by atoms with Crippen LogP contribution >= 0.6 is 11.8 Å². The third kappa shape index (κ3) is 4.85. The molecule has 0 heterocycles. The number of benzene rings is 1. The Morgan fingerprint density at radius 1 is 1.27 bits per heavy atom. The summed E-state index contributed by atoms with van der Waals surface area (Å²) in [7, 11) is 0. The number of aliphatic hydroxyl groups excluding tert-OH is 1. The maximum atomic E-state index is 8.79. The monoisotopic (exact) mass is 225 g/mol. The van der Waals surface area contributed by atoms with E-state index in [4.69, 9.17) is 10.3 Å². The summed E-state index contributed by atoms with van der Waals surface area (Å²) >= 11 is 1.48. The van der Waals surface area contributed by atoms with Gasteiger partial charge in [0.15, 0.2) is 0 Å². The predicted octanol–water partition coefficient (Wildman–Crippen LogP) is 2.13. The van der Waals surface area contributed by atoms with Crippen molar-refractivity contribution in [2.24, 2.45) is 5.16 Å². The lowest BCUT2D eigenvalue weighted by Gasteiger charge is -2.03. The van der Waals surface area contributed by atoms with Crippen LogP contribution in [0.15, 0.2) is 35.5 Å². The molecule has 82 valence electrons. The second-order valence-corrected chi connectivity index (χ2v) is 4.25. The molecule has 15 heavy (non-hydrogen) atoms.